The summed E-state index contributed by atoms with van der Waals surface area (Å²) >= 11 is 0. The van der Waals surface area contributed by atoms with Crippen LogP contribution >= 0.6 is 0 Å². The largest absolute Gasteiger partial charge is 0.379 e. The highest BCUT2D eigenvalue weighted by atomic mass is 16.5. The minimum Gasteiger partial charge on any atom is -0.379 e. The number of nitrogens with one attached hydrogen (secondary N) is 2. The molecule has 0 atom stereocenters. The topological polar surface area (TPSA) is 62.3 Å². The molecular weight excluding hydrogens is 266 g/mol. The van der Waals surface area contributed by atoms with E-state index in [1.54, 1.807) is 6.20 Å². The van der Waals surface area contributed by atoms with Gasteiger partial charge in [-0.05, 0) is 12.5 Å². The molecule has 0 aromatic carbocycles. The van der Waals surface area contributed by atoms with Crippen LogP contribution in [0.15, 0.2) is 12.3 Å². The molecule has 2 heterocycles. The van der Waals surface area contributed by atoms with Crippen molar-refractivity contribution in [2.45, 2.75) is 26.2 Å². The number of nitrogens with zero attached hydrogens (tertiary/aromatic N) is 3. The van der Waals surface area contributed by atoms with E-state index < -0.39 is 0 Å². The molecule has 118 valence electrons. The summed E-state index contributed by atoms with van der Waals surface area (Å²) in [5.74, 6) is 1.60. The number of ether oxygens (including phenoxy) is 1. The minimum absolute atomic E-state index is 0.711. The first-order valence-electron chi connectivity index (χ1n) is 7.99. The van der Waals surface area contributed by atoms with Crippen molar-refractivity contribution in [3.63, 3.8) is 0 Å². The number of hydrogen-bond acceptors (Lipinski definition) is 6. The van der Waals surface area contributed by atoms with Gasteiger partial charge in [0.05, 0.1) is 13.2 Å². The number of rotatable bonds is 9. The van der Waals surface area contributed by atoms with Crippen LogP contribution in [0.5, 0.6) is 0 Å². The van der Waals surface area contributed by atoms with Gasteiger partial charge in [-0.25, -0.2) is 4.98 Å². The molecule has 6 heteroatoms. The van der Waals surface area contributed by atoms with Crippen molar-refractivity contribution in [2.75, 3.05) is 56.6 Å². The molecule has 0 saturated carbocycles. The third-order valence-electron chi connectivity index (χ3n) is 3.56. The second-order valence-electron chi connectivity index (χ2n) is 5.28. The van der Waals surface area contributed by atoms with Crippen molar-refractivity contribution in [2.24, 2.45) is 0 Å². The summed E-state index contributed by atoms with van der Waals surface area (Å²) in [5, 5.41) is 6.63. The zero-order valence-corrected chi connectivity index (χ0v) is 13.0. The number of aromatic nitrogens is 2. The SMILES string of the molecule is CCCCCNc1nccc(NCCN2CCOCC2)n1. The predicted octanol–water partition coefficient (Wildman–Crippen LogP) is 1.82. The lowest BCUT2D eigenvalue weighted by molar-refractivity contribution is 0.0398. The lowest BCUT2D eigenvalue weighted by Gasteiger charge is -2.26. The molecule has 1 fully saturated rings. The molecule has 2 rings (SSSR count). The summed E-state index contributed by atoms with van der Waals surface area (Å²) in [6.45, 7) is 8.80. The Kier molecular flexibility index (Phi) is 7.24. The van der Waals surface area contributed by atoms with Gasteiger partial charge in [-0.2, -0.15) is 4.98 Å². The lowest BCUT2D eigenvalue weighted by atomic mass is 10.2. The Morgan fingerprint density at radius 2 is 2.05 bits per heavy atom. The maximum absolute atomic E-state index is 5.34. The fourth-order valence-corrected chi connectivity index (χ4v) is 2.28. The number of morpholine rings is 1. The van der Waals surface area contributed by atoms with Crippen LogP contribution in [0, 0.1) is 0 Å². The highest BCUT2D eigenvalue weighted by Crippen LogP contribution is 2.06. The predicted molar refractivity (Wildman–Crippen MR) is 85.8 cm³/mol. The fraction of sp³-hybridized carbons (Fsp3) is 0.733. The van der Waals surface area contributed by atoms with E-state index in [1.807, 2.05) is 6.07 Å². The van der Waals surface area contributed by atoms with E-state index in [2.05, 4.69) is 32.4 Å². The molecule has 0 spiro atoms. The van der Waals surface area contributed by atoms with Gasteiger partial charge >= 0.3 is 0 Å². The first-order chi connectivity index (χ1) is 10.4. The molecule has 0 unspecified atom stereocenters. The molecule has 2 N–H and O–H groups in total. The van der Waals surface area contributed by atoms with Crippen LogP contribution in [0.3, 0.4) is 0 Å². The highest BCUT2D eigenvalue weighted by Gasteiger charge is 2.09. The summed E-state index contributed by atoms with van der Waals surface area (Å²) in [6.07, 6.45) is 5.43. The Morgan fingerprint density at radius 3 is 2.86 bits per heavy atom. The van der Waals surface area contributed by atoms with Gasteiger partial charge in [0.15, 0.2) is 0 Å². The molecular formula is C15H27N5O. The van der Waals surface area contributed by atoms with E-state index in [-0.39, 0.29) is 0 Å². The summed E-state index contributed by atoms with van der Waals surface area (Å²) in [7, 11) is 0. The molecule has 1 aliphatic heterocycles. The first kappa shape index (κ1) is 16.0. The van der Waals surface area contributed by atoms with Crippen LogP contribution in [-0.4, -0.2) is 60.8 Å². The maximum atomic E-state index is 5.34. The third-order valence-corrected chi connectivity index (χ3v) is 3.56. The smallest absolute Gasteiger partial charge is 0.224 e. The molecule has 21 heavy (non-hydrogen) atoms. The zero-order valence-electron chi connectivity index (χ0n) is 13.0. The summed E-state index contributed by atoms with van der Waals surface area (Å²) in [6, 6.07) is 1.91. The van der Waals surface area contributed by atoms with Crippen molar-refractivity contribution in [1.29, 1.82) is 0 Å². The highest BCUT2D eigenvalue weighted by molar-refractivity contribution is 5.39. The fourth-order valence-electron chi connectivity index (χ4n) is 2.28. The van der Waals surface area contributed by atoms with E-state index in [9.17, 15) is 0 Å². The van der Waals surface area contributed by atoms with E-state index in [4.69, 9.17) is 4.74 Å². The minimum atomic E-state index is 0.711. The van der Waals surface area contributed by atoms with Crippen LogP contribution in [0.25, 0.3) is 0 Å². The van der Waals surface area contributed by atoms with Gasteiger partial charge in [0.1, 0.15) is 5.82 Å². The number of hydrogen-bond donors (Lipinski definition) is 2. The second-order valence-corrected chi connectivity index (χ2v) is 5.28. The Morgan fingerprint density at radius 1 is 1.19 bits per heavy atom. The maximum Gasteiger partial charge on any atom is 0.224 e. The molecule has 0 aliphatic carbocycles. The Hall–Kier alpha value is -1.40. The third kappa shape index (κ3) is 6.27. The number of anilines is 2. The van der Waals surface area contributed by atoms with Crippen molar-refractivity contribution in [1.82, 2.24) is 14.9 Å². The Labute approximate surface area is 127 Å². The van der Waals surface area contributed by atoms with Gasteiger partial charge in [-0.3, -0.25) is 4.90 Å². The molecule has 1 aromatic heterocycles. The van der Waals surface area contributed by atoms with E-state index >= 15 is 0 Å². The van der Waals surface area contributed by atoms with Crippen LogP contribution in [0.4, 0.5) is 11.8 Å². The molecule has 1 aliphatic rings. The summed E-state index contributed by atoms with van der Waals surface area (Å²) in [4.78, 5) is 11.1. The van der Waals surface area contributed by atoms with Crippen LogP contribution in [0.1, 0.15) is 26.2 Å². The van der Waals surface area contributed by atoms with Gasteiger partial charge in [0, 0.05) is 38.9 Å². The summed E-state index contributed by atoms with van der Waals surface area (Å²) in [5.41, 5.74) is 0. The molecule has 0 bridgehead atoms. The molecule has 1 saturated heterocycles. The lowest BCUT2D eigenvalue weighted by Crippen LogP contribution is -2.39. The van der Waals surface area contributed by atoms with Crippen LogP contribution in [0.2, 0.25) is 0 Å². The molecule has 6 nitrogen and oxygen atoms in total. The standard InChI is InChI=1S/C15H27N5O/c1-2-3-4-6-17-15-18-7-5-14(19-15)16-8-9-20-10-12-21-13-11-20/h5,7H,2-4,6,8-13H2,1H3,(H2,16,17,18,19). The number of unbranched alkanes of at least 4 members (excludes halogenated alkanes) is 2. The Balaban J connectivity index is 1.67. The van der Waals surface area contributed by atoms with Crippen molar-refractivity contribution in [3.8, 4) is 0 Å². The van der Waals surface area contributed by atoms with Gasteiger partial charge in [-0.15, -0.1) is 0 Å². The first-order valence-corrected chi connectivity index (χ1v) is 7.99. The zero-order chi connectivity index (χ0) is 14.8. The van der Waals surface area contributed by atoms with Gasteiger partial charge in [0.25, 0.3) is 0 Å². The second kappa shape index (κ2) is 9.52. The molecule has 1 aromatic rings. The Bertz CT molecular complexity index is 395. The van der Waals surface area contributed by atoms with Crippen molar-refractivity contribution < 1.29 is 4.74 Å². The monoisotopic (exact) mass is 293 g/mol. The van der Waals surface area contributed by atoms with Gasteiger partial charge in [0.2, 0.25) is 5.95 Å². The van der Waals surface area contributed by atoms with E-state index in [0.717, 1.165) is 58.2 Å². The molecule has 0 radical (unpaired) electrons. The van der Waals surface area contributed by atoms with Crippen molar-refractivity contribution >= 4 is 11.8 Å². The van der Waals surface area contributed by atoms with Crippen LogP contribution in [-0.2, 0) is 4.74 Å². The van der Waals surface area contributed by atoms with Crippen molar-refractivity contribution in [3.05, 3.63) is 12.3 Å². The van der Waals surface area contributed by atoms with Crippen LogP contribution < -0.4 is 10.6 Å². The average Bonchev–Trinajstić information content (AvgIpc) is 2.53. The van der Waals surface area contributed by atoms with E-state index in [0.29, 0.717) is 5.95 Å². The van der Waals surface area contributed by atoms with Gasteiger partial charge in [-0.1, -0.05) is 19.8 Å². The average molecular weight is 293 g/mol. The molecule has 0 amide bonds. The normalized spacial score (nSPS) is 15.9. The van der Waals surface area contributed by atoms with E-state index in [1.165, 1.54) is 12.8 Å². The summed E-state index contributed by atoms with van der Waals surface area (Å²) < 4.78 is 5.34. The van der Waals surface area contributed by atoms with Gasteiger partial charge < -0.3 is 15.4 Å². The quantitative estimate of drug-likeness (QED) is 0.677.